The van der Waals surface area contributed by atoms with Crippen LogP contribution in [0.4, 0.5) is 0 Å². The van der Waals surface area contributed by atoms with Crippen molar-refractivity contribution in [2.45, 2.75) is 20.1 Å². The third-order valence-corrected chi connectivity index (χ3v) is 3.85. The highest BCUT2D eigenvalue weighted by atomic mass is 16.5. The van der Waals surface area contributed by atoms with Crippen molar-refractivity contribution in [3.63, 3.8) is 0 Å². The number of aryl methyl sites for hydroxylation is 1. The Hall–Kier alpha value is -3.06. The molecular weight excluding hydrogens is 288 g/mol. The van der Waals surface area contributed by atoms with Gasteiger partial charge in [-0.2, -0.15) is 5.26 Å². The van der Waals surface area contributed by atoms with E-state index in [4.69, 9.17) is 10.00 Å². The molecule has 4 nitrogen and oxygen atoms in total. The van der Waals surface area contributed by atoms with Gasteiger partial charge in [0.25, 0.3) is 0 Å². The SMILES string of the molecule is CCn1cc(C(=O)OCc2ccccc2C#N)c2ccccc21. The van der Waals surface area contributed by atoms with Crippen molar-refractivity contribution in [1.29, 1.82) is 5.26 Å². The van der Waals surface area contributed by atoms with Gasteiger partial charge in [0.2, 0.25) is 0 Å². The molecule has 0 aliphatic heterocycles. The summed E-state index contributed by atoms with van der Waals surface area (Å²) in [5.41, 5.74) is 2.80. The standard InChI is InChI=1S/C19H16N2O2/c1-2-21-12-17(16-9-5-6-10-18(16)21)19(22)23-13-15-8-4-3-7-14(15)11-20/h3-10,12H,2,13H2,1H3. The number of hydrogen-bond donors (Lipinski definition) is 0. The third kappa shape index (κ3) is 2.82. The number of carbonyl (C=O) groups is 1. The number of nitriles is 1. The molecule has 3 rings (SSSR count). The Kier molecular flexibility index (Phi) is 4.11. The summed E-state index contributed by atoms with van der Waals surface area (Å²) in [6.45, 7) is 2.91. The number of benzene rings is 2. The first-order chi connectivity index (χ1) is 11.2. The monoisotopic (exact) mass is 304 g/mol. The summed E-state index contributed by atoms with van der Waals surface area (Å²) in [5.74, 6) is -0.374. The first-order valence-electron chi connectivity index (χ1n) is 7.47. The molecule has 0 N–H and O–H groups in total. The van der Waals surface area contributed by atoms with Gasteiger partial charge in [0, 0.05) is 29.2 Å². The molecule has 0 spiro atoms. The van der Waals surface area contributed by atoms with Crippen molar-refractivity contribution in [2.24, 2.45) is 0 Å². The Bertz CT molecular complexity index is 903. The minimum atomic E-state index is -0.374. The average Bonchev–Trinajstić information content (AvgIpc) is 2.99. The molecule has 0 bridgehead atoms. The summed E-state index contributed by atoms with van der Waals surface area (Å²) in [6, 6.07) is 17.0. The lowest BCUT2D eigenvalue weighted by Gasteiger charge is -2.05. The smallest absolute Gasteiger partial charge is 0.340 e. The Morgan fingerprint density at radius 1 is 1.17 bits per heavy atom. The second-order valence-corrected chi connectivity index (χ2v) is 5.19. The zero-order chi connectivity index (χ0) is 16.2. The number of carbonyl (C=O) groups excluding carboxylic acids is 1. The van der Waals surface area contributed by atoms with Crippen LogP contribution in [0.3, 0.4) is 0 Å². The van der Waals surface area contributed by atoms with Crippen LogP contribution in [0.5, 0.6) is 0 Å². The predicted octanol–water partition coefficient (Wildman–Crippen LogP) is 3.89. The van der Waals surface area contributed by atoms with Crippen molar-refractivity contribution in [3.8, 4) is 6.07 Å². The van der Waals surface area contributed by atoms with Gasteiger partial charge in [-0.25, -0.2) is 4.79 Å². The van der Waals surface area contributed by atoms with Crippen LogP contribution in [0, 0.1) is 11.3 Å². The lowest BCUT2D eigenvalue weighted by Crippen LogP contribution is -2.05. The van der Waals surface area contributed by atoms with E-state index in [0.29, 0.717) is 16.7 Å². The molecule has 2 aromatic carbocycles. The number of nitrogens with zero attached hydrogens (tertiary/aromatic N) is 2. The lowest BCUT2D eigenvalue weighted by molar-refractivity contribution is 0.0474. The van der Waals surface area contributed by atoms with Crippen molar-refractivity contribution in [3.05, 3.63) is 71.4 Å². The summed E-state index contributed by atoms with van der Waals surface area (Å²) in [5, 5.41) is 9.97. The largest absolute Gasteiger partial charge is 0.457 e. The Morgan fingerprint density at radius 3 is 2.70 bits per heavy atom. The predicted molar refractivity (Wildman–Crippen MR) is 87.9 cm³/mol. The van der Waals surface area contributed by atoms with Crippen LogP contribution in [0.15, 0.2) is 54.7 Å². The summed E-state index contributed by atoms with van der Waals surface area (Å²) in [7, 11) is 0. The van der Waals surface area contributed by atoms with Crippen molar-refractivity contribution in [2.75, 3.05) is 0 Å². The molecular formula is C19H16N2O2. The number of hydrogen-bond acceptors (Lipinski definition) is 3. The second kappa shape index (κ2) is 6.37. The van der Waals surface area contributed by atoms with Gasteiger partial charge in [0.15, 0.2) is 0 Å². The maximum atomic E-state index is 12.4. The number of fused-ring (bicyclic) bond motifs is 1. The van der Waals surface area contributed by atoms with Gasteiger partial charge in [-0.05, 0) is 19.1 Å². The second-order valence-electron chi connectivity index (χ2n) is 5.19. The van der Waals surface area contributed by atoms with Gasteiger partial charge in [-0.1, -0.05) is 36.4 Å². The van der Waals surface area contributed by atoms with E-state index in [9.17, 15) is 4.79 Å². The molecule has 0 atom stereocenters. The zero-order valence-electron chi connectivity index (χ0n) is 12.8. The highest BCUT2D eigenvalue weighted by molar-refractivity contribution is 6.04. The Morgan fingerprint density at radius 2 is 1.91 bits per heavy atom. The van der Waals surface area contributed by atoms with Crippen molar-refractivity contribution < 1.29 is 9.53 Å². The molecule has 0 fully saturated rings. The van der Waals surface area contributed by atoms with Gasteiger partial charge < -0.3 is 9.30 Å². The Balaban J connectivity index is 1.86. The average molecular weight is 304 g/mol. The van der Waals surface area contributed by atoms with Crippen molar-refractivity contribution >= 4 is 16.9 Å². The van der Waals surface area contributed by atoms with Gasteiger partial charge in [0.05, 0.1) is 17.2 Å². The molecule has 1 aromatic heterocycles. The molecule has 0 radical (unpaired) electrons. The van der Waals surface area contributed by atoms with Gasteiger partial charge in [-0.15, -0.1) is 0 Å². The van der Waals surface area contributed by atoms with Crippen LogP contribution < -0.4 is 0 Å². The van der Waals surface area contributed by atoms with Gasteiger partial charge in [0.1, 0.15) is 6.61 Å². The van der Waals surface area contributed by atoms with Gasteiger partial charge >= 0.3 is 5.97 Å². The number of aromatic nitrogens is 1. The molecule has 0 aliphatic carbocycles. The van der Waals surface area contributed by atoms with Crippen LogP contribution in [-0.2, 0) is 17.9 Å². The van der Waals surface area contributed by atoms with E-state index in [1.54, 1.807) is 18.2 Å². The number of esters is 1. The molecule has 0 saturated carbocycles. The van der Waals surface area contributed by atoms with E-state index in [1.165, 1.54) is 0 Å². The van der Waals surface area contributed by atoms with Crippen LogP contribution in [0.2, 0.25) is 0 Å². The van der Waals surface area contributed by atoms with E-state index < -0.39 is 0 Å². The molecule has 0 saturated heterocycles. The topological polar surface area (TPSA) is 55.0 Å². The van der Waals surface area contributed by atoms with Crippen molar-refractivity contribution in [1.82, 2.24) is 4.57 Å². The normalized spacial score (nSPS) is 10.4. The third-order valence-electron chi connectivity index (χ3n) is 3.85. The minimum Gasteiger partial charge on any atom is -0.457 e. The fraction of sp³-hybridized carbons (Fsp3) is 0.158. The highest BCUT2D eigenvalue weighted by Crippen LogP contribution is 2.22. The number of ether oxygens (including phenoxy) is 1. The molecule has 0 amide bonds. The van der Waals surface area contributed by atoms with E-state index in [-0.39, 0.29) is 12.6 Å². The lowest BCUT2D eigenvalue weighted by atomic mass is 10.1. The van der Waals surface area contributed by atoms with Crippen LogP contribution in [0.25, 0.3) is 10.9 Å². The molecule has 114 valence electrons. The Labute approximate surface area is 134 Å². The summed E-state index contributed by atoms with van der Waals surface area (Å²) in [6.07, 6.45) is 1.82. The van der Waals surface area contributed by atoms with Crippen LogP contribution in [0.1, 0.15) is 28.4 Å². The van der Waals surface area contributed by atoms with E-state index in [2.05, 4.69) is 6.07 Å². The summed E-state index contributed by atoms with van der Waals surface area (Å²) in [4.78, 5) is 12.4. The highest BCUT2D eigenvalue weighted by Gasteiger charge is 2.16. The summed E-state index contributed by atoms with van der Waals surface area (Å²) < 4.78 is 7.44. The molecule has 4 heteroatoms. The maximum absolute atomic E-state index is 12.4. The fourth-order valence-electron chi connectivity index (χ4n) is 2.65. The van der Waals surface area contributed by atoms with E-state index in [1.807, 2.05) is 48.0 Å². The first kappa shape index (κ1) is 14.9. The summed E-state index contributed by atoms with van der Waals surface area (Å²) >= 11 is 0. The number of rotatable bonds is 4. The molecule has 23 heavy (non-hydrogen) atoms. The molecule has 3 aromatic rings. The molecule has 0 aliphatic rings. The first-order valence-corrected chi connectivity index (χ1v) is 7.47. The van der Waals surface area contributed by atoms with Gasteiger partial charge in [-0.3, -0.25) is 0 Å². The zero-order valence-corrected chi connectivity index (χ0v) is 12.8. The molecule has 0 unspecified atom stereocenters. The van der Waals surface area contributed by atoms with Crippen LogP contribution in [-0.4, -0.2) is 10.5 Å². The fourth-order valence-corrected chi connectivity index (χ4v) is 2.65. The van der Waals surface area contributed by atoms with Crippen LogP contribution >= 0.6 is 0 Å². The quantitative estimate of drug-likeness (QED) is 0.687. The van der Waals surface area contributed by atoms with E-state index in [0.717, 1.165) is 17.4 Å². The minimum absolute atomic E-state index is 0.0915. The number of para-hydroxylation sites is 1. The van der Waals surface area contributed by atoms with E-state index >= 15 is 0 Å². The maximum Gasteiger partial charge on any atom is 0.340 e. The molecule has 1 heterocycles.